The summed E-state index contributed by atoms with van der Waals surface area (Å²) in [5.41, 5.74) is 2.16. The molecule has 18 heavy (non-hydrogen) atoms. The monoisotopic (exact) mass is 251 g/mol. The summed E-state index contributed by atoms with van der Waals surface area (Å²) < 4.78 is 17.8. The highest BCUT2D eigenvalue weighted by atomic mass is 19.1. The van der Waals surface area contributed by atoms with Gasteiger partial charge in [0.05, 0.1) is 7.11 Å². The van der Waals surface area contributed by atoms with Gasteiger partial charge in [-0.1, -0.05) is 13.0 Å². The van der Waals surface area contributed by atoms with E-state index in [4.69, 9.17) is 0 Å². The first-order valence-corrected chi connectivity index (χ1v) is 5.85. The van der Waals surface area contributed by atoms with Crippen molar-refractivity contribution in [2.24, 2.45) is 0 Å². The largest absolute Gasteiger partial charge is 0.466 e. The smallest absolute Gasteiger partial charge is 0.333 e. The summed E-state index contributed by atoms with van der Waals surface area (Å²) in [6, 6.07) is 4.73. The molecule has 98 valence electrons. The van der Waals surface area contributed by atoms with Crippen LogP contribution in [0.3, 0.4) is 0 Å². The Morgan fingerprint density at radius 3 is 2.72 bits per heavy atom. The number of rotatable bonds is 5. The molecule has 0 spiro atoms. The molecule has 1 aromatic rings. The molecule has 0 aromatic heterocycles. The molecule has 4 heteroatoms. The van der Waals surface area contributed by atoms with E-state index in [9.17, 15) is 9.18 Å². The van der Waals surface area contributed by atoms with Crippen LogP contribution in [0.25, 0.3) is 0 Å². The second-order valence-electron chi connectivity index (χ2n) is 3.97. The fourth-order valence-electron chi connectivity index (χ4n) is 1.63. The lowest BCUT2D eigenvalue weighted by molar-refractivity contribution is -0.136. The normalized spacial score (nSPS) is 11.2. The van der Waals surface area contributed by atoms with E-state index < -0.39 is 0 Å². The fraction of sp³-hybridized carbons (Fsp3) is 0.357. The highest BCUT2D eigenvalue weighted by Crippen LogP contribution is 2.13. The summed E-state index contributed by atoms with van der Waals surface area (Å²) in [7, 11) is 1.36. The molecule has 1 rings (SSSR count). The van der Waals surface area contributed by atoms with Crippen molar-refractivity contribution in [3.8, 4) is 0 Å². The minimum atomic E-state index is -0.324. The van der Waals surface area contributed by atoms with E-state index in [1.807, 2.05) is 19.9 Å². The lowest BCUT2D eigenvalue weighted by Crippen LogP contribution is -2.07. The molecule has 0 aliphatic rings. The molecule has 0 aliphatic carbocycles. The maximum absolute atomic E-state index is 13.1. The van der Waals surface area contributed by atoms with Gasteiger partial charge in [0, 0.05) is 17.8 Å². The van der Waals surface area contributed by atoms with E-state index in [1.165, 1.54) is 19.2 Å². The summed E-state index contributed by atoms with van der Waals surface area (Å²) in [5.74, 6) is -0.597. The zero-order valence-corrected chi connectivity index (χ0v) is 10.9. The Morgan fingerprint density at radius 1 is 1.44 bits per heavy atom. The molecule has 1 aromatic carbocycles. The number of methoxy groups -OCH3 is 1. The summed E-state index contributed by atoms with van der Waals surface area (Å²) in [6.07, 6.45) is 2.36. The summed E-state index contributed by atoms with van der Waals surface area (Å²) in [6.45, 7) is 4.17. The Bertz CT molecular complexity index is 435. The molecule has 0 aliphatic heterocycles. The predicted octanol–water partition coefficient (Wildman–Crippen LogP) is 3.06. The van der Waals surface area contributed by atoms with Crippen LogP contribution in [0.2, 0.25) is 0 Å². The highest BCUT2D eigenvalue weighted by Gasteiger charge is 2.05. The van der Waals surface area contributed by atoms with Crippen LogP contribution in [-0.4, -0.2) is 19.6 Å². The van der Waals surface area contributed by atoms with Crippen molar-refractivity contribution in [3.63, 3.8) is 0 Å². The van der Waals surface area contributed by atoms with Gasteiger partial charge in [0.15, 0.2) is 0 Å². The Labute approximate surface area is 107 Å². The Balaban J connectivity index is 2.64. The molecule has 0 saturated carbocycles. The van der Waals surface area contributed by atoms with Crippen molar-refractivity contribution in [2.45, 2.75) is 20.3 Å². The van der Waals surface area contributed by atoms with Crippen molar-refractivity contribution in [2.75, 3.05) is 19.0 Å². The molecule has 0 heterocycles. The van der Waals surface area contributed by atoms with Crippen molar-refractivity contribution in [1.29, 1.82) is 0 Å². The van der Waals surface area contributed by atoms with Crippen molar-refractivity contribution in [1.82, 2.24) is 0 Å². The Kier molecular flexibility index (Phi) is 5.36. The second kappa shape index (κ2) is 6.79. The van der Waals surface area contributed by atoms with Gasteiger partial charge in [0.25, 0.3) is 0 Å². The number of halogens is 1. The fourth-order valence-corrected chi connectivity index (χ4v) is 1.63. The lowest BCUT2D eigenvalue weighted by Gasteiger charge is -2.06. The molecule has 0 amide bonds. The van der Waals surface area contributed by atoms with E-state index in [1.54, 1.807) is 6.08 Å². The average molecular weight is 251 g/mol. The minimum Gasteiger partial charge on any atom is -0.466 e. The van der Waals surface area contributed by atoms with Crippen molar-refractivity contribution < 1.29 is 13.9 Å². The number of aryl methyl sites for hydroxylation is 1. The topological polar surface area (TPSA) is 38.3 Å². The number of ether oxygens (including phenoxy) is 1. The van der Waals surface area contributed by atoms with Crippen LogP contribution < -0.4 is 5.32 Å². The van der Waals surface area contributed by atoms with Crippen molar-refractivity contribution >= 4 is 11.7 Å². The van der Waals surface area contributed by atoms with Crippen molar-refractivity contribution in [3.05, 3.63) is 41.2 Å². The standard InChI is InChI=1S/C14H18FNO2/c1-4-11(14(17)18-3)5-6-16-13-8-10(2)7-12(15)9-13/h5,7-9,16H,4,6H2,1-3H3/b11-5-. The third kappa shape index (κ3) is 4.20. The van der Waals surface area contributed by atoms with Gasteiger partial charge in [-0.3, -0.25) is 0 Å². The Morgan fingerprint density at radius 2 is 2.17 bits per heavy atom. The third-order valence-corrected chi connectivity index (χ3v) is 2.53. The quantitative estimate of drug-likeness (QED) is 0.645. The first-order valence-electron chi connectivity index (χ1n) is 5.85. The van der Waals surface area contributed by atoms with Gasteiger partial charge in [-0.2, -0.15) is 0 Å². The number of benzene rings is 1. The molecular weight excluding hydrogens is 233 g/mol. The number of hydrogen-bond donors (Lipinski definition) is 1. The van der Waals surface area contributed by atoms with Crippen LogP contribution in [0.5, 0.6) is 0 Å². The van der Waals surface area contributed by atoms with E-state index in [0.717, 1.165) is 5.56 Å². The molecule has 0 fully saturated rings. The third-order valence-electron chi connectivity index (χ3n) is 2.53. The first-order chi connectivity index (χ1) is 8.56. The lowest BCUT2D eigenvalue weighted by atomic mass is 10.2. The van der Waals surface area contributed by atoms with Crippen LogP contribution in [0.15, 0.2) is 29.8 Å². The minimum absolute atomic E-state index is 0.273. The number of hydrogen-bond acceptors (Lipinski definition) is 3. The van der Waals surface area contributed by atoms with Crippen LogP contribution >= 0.6 is 0 Å². The average Bonchev–Trinajstić information content (AvgIpc) is 2.32. The van der Waals surface area contributed by atoms with E-state index in [-0.39, 0.29) is 11.8 Å². The van der Waals surface area contributed by atoms with Crippen LogP contribution in [-0.2, 0) is 9.53 Å². The maximum Gasteiger partial charge on any atom is 0.333 e. The molecule has 0 atom stereocenters. The van der Waals surface area contributed by atoms with Crippen LogP contribution in [0.1, 0.15) is 18.9 Å². The second-order valence-corrected chi connectivity index (χ2v) is 3.97. The van der Waals surface area contributed by atoms with Crippen LogP contribution in [0.4, 0.5) is 10.1 Å². The van der Waals surface area contributed by atoms with E-state index >= 15 is 0 Å². The number of esters is 1. The van der Waals surface area contributed by atoms with Gasteiger partial charge in [-0.15, -0.1) is 0 Å². The number of carbonyl (C=O) groups excluding carboxylic acids is 1. The number of anilines is 1. The van der Waals surface area contributed by atoms with Gasteiger partial charge >= 0.3 is 5.97 Å². The van der Waals surface area contributed by atoms with Gasteiger partial charge < -0.3 is 10.1 Å². The SMILES string of the molecule is CC/C(=C/CNc1cc(C)cc(F)c1)C(=O)OC. The first kappa shape index (κ1) is 14.2. The molecule has 1 N–H and O–H groups in total. The van der Waals surface area contributed by atoms with Gasteiger partial charge in [-0.05, 0) is 37.1 Å². The molecule has 0 bridgehead atoms. The maximum atomic E-state index is 13.1. The zero-order valence-electron chi connectivity index (χ0n) is 10.9. The van der Waals surface area contributed by atoms with Gasteiger partial charge in [0.2, 0.25) is 0 Å². The summed E-state index contributed by atoms with van der Waals surface area (Å²) >= 11 is 0. The predicted molar refractivity (Wildman–Crippen MR) is 70.0 cm³/mol. The molecular formula is C14H18FNO2. The van der Waals surface area contributed by atoms with E-state index in [2.05, 4.69) is 10.1 Å². The van der Waals surface area contributed by atoms with E-state index in [0.29, 0.717) is 24.2 Å². The molecule has 0 radical (unpaired) electrons. The number of carbonyl (C=O) groups is 1. The van der Waals surface area contributed by atoms with Gasteiger partial charge in [0.1, 0.15) is 5.82 Å². The highest BCUT2D eigenvalue weighted by molar-refractivity contribution is 5.88. The molecule has 3 nitrogen and oxygen atoms in total. The summed E-state index contributed by atoms with van der Waals surface area (Å²) in [4.78, 5) is 11.3. The molecule has 0 unspecified atom stereocenters. The zero-order chi connectivity index (χ0) is 13.5. The number of nitrogens with one attached hydrogen (secondary N) is 1. The summed E-state index contributed by atoms with van der Waals surface area (Å²) in [5, 5.41) is 3.05. The molecule has 0 saturated heterocycles. The Hall–Kier alpha value is -1.84. The van der Waals surface area contributed by atoms with Crippen LogP contribution in [0, 0.1) is 12.7 Å². The van der Waals surface area contributed by atoms with Gasteiger partial charge in [-0.25, -0.2) is 9.18 Å².